The van der Waals surface area contributed by atoms with Crippen molar-refractivity contribution in [3.05, 3.63) is 71.5 Å². The number of rotatable bonds is 7. The molecule has 0 aromatic heterocycles. The molecule has 0 atom stereocenters. The van der Waals surface area contributed by atoms with E-state index in [0.29, 0.717) is 19.0 Å². The van der Waals surface area contributed by atoms with E-state index in [4.69, 9.17) is 0 Å². The number of nitrogens with one attached hydrogen (secondary N) is 2. The van der Waals surface area contributed by atoms with Gasteiger partial charge < -0.3 is 15.5 Å². The second-order valence-corrected chi connectivity index (χ2v) is 7.54. The highest BCUT2D eigenvalue weighted by molar-refractivity contribution is 14.0. The Morgan fingerprint density at radius 2 is 1.76 bits per heavy atom. The van der Waals surface area contributed by atoms with Gasteiger partial charge in [-0.2, -0.15) is 0 Å². The van der Waals surface area contributed by atoms with E-state index in [2.05, 4.69) is 15.6 Å². The molecule has 0 saturated carbocycles. The number of halogens is 2. The van der Waals surface area contributed by atoms with Gasteiger partial charge in [0.25, 0.3) is 0 Å². The van der Waals surface area contributed by atoms with Crippen LogP contribution >= 0.6 is 24.0 Å². The van der Waals surface area contributed by atoms with E-state index < -0.39 is 0 Å². The highest BCUT2D eigenvalue weighted by atomic mass is 127. The summed E-state index contributed by atoms with van der Waals surface area (Å²) < 4.78 is 13.6. The molecule has 0 spiro atoms. The first kappa shape index (κ1) is 24.9. The maximum atomic E-state index is 13.6. The molecule has 7 heteroatoms. The molecule has 158 valence electrons. The quantitative estimate of drug-likeness (QED) is 0.339. The lowest BCUT2D eigenvalue weighted by Crippen LogP contribution is -2.46. The van der Waals surface area contributed by atoms with Gasteiger partial charge in [-0.25, -0.2) is 9.38 Å². The molecule has 29 heavy (non-hydrogen) atoms. The number of carbonyl (C=O) groups is 1. The van der Waals surface area contributed by atoms with Gasteiger partial charge >= 0.3 is 0 Å². The zero-order chi connectivity index (χ0) is 20.6. The van der Waals surface area contributed by atoms with E-state index in [-0.39, 0.29) is 47.7 Å². The third-order valence-corrected chi connectivity index (χ3v) is 4.47. The fraction of sp³-hybridized carbons (Fsp3) is 0.364. The van der Waals surface area contributed by atoms with Crippen LogP contribution in [0.25, 0.3) is 0 Å². The number of hydrogen-bond donors (Lipinski definition) is 2. The van der Waals surface area contributed by atoms with Crippen LogP contribution in [0.15, 0.2) is 59.6 Å². The highest BCUT2D eigenvalue weighted by Gasteiger charge is 2.21. The molecule has 0 saturated heterocycles. The monoisotopic (exact) mass is 512 g/mol. The van der Waals surface area contributed by atoms with Gasteiger partial charge in [-0.05, 0) is 23.3 Å². The Hall–Kier alpha value is -2.16. The first-order chi connectivity index (χ1) is 13.3. The molecule has 5 nitrogen and oxygen atoms in total. The van der Waals surface area contributed by atoms with Crippen molar-refractivity contribution >= 4 is 35.8 Å². The van der Waals surface area contributed by atoms with Gasteiger partial charge in [0.1, 0.15) is 5.82 Å². The maximum absolute atomic E-state index is 13.6. The van der Waals surface area contributed by atoms with Gasteiger partial charge in [0.15, 0.2) is 5.96 Å². The van der Waals surface area contributed by atoms with Crippen molar-refractivity contribution in [3.63, 3.8) is 0 Å². The van der Waals surface area contributed by atoms with Crippen LogP contribution in [0.5, 0.6) is 0 Å². The minimum Gasteiger partial charge on any atom is -0.356 e. The molecule has 1 amide bonds. The Kier molecular flexibility index (Phi) is 10.1. The molecule has 2 rings (SSSR count). The van der Waals surface area contributed by atoms with Gasteiger partial charge in [0.2, 0.25) is 5.91 Å². The lowest BCUT2D eigenvalue weighted by molar-refractivity contribution is -0.127. The van der Waals surface area contributed by atoms with Gasteiger partial charge in [-0.1, -0.05) is 56.3 Å². The Labute approximate surface area is 189 Å². The van der Waals surface area contributed by atoms with Crippen LogP contribution in [0.2, 0.25) is 0 Å². The van der Waals surface area contributed by atoms with Crippen LogP contribution in [0, 0.1) is 5.82 Å². The summed E-state index contributed by atoms with van der Waals surface area (Å²) in [6, 6.07) is 16.5. The first-order valence-corrected chi connectivity index (χ1v) is 9.30. The van der Waals surface area contributed by atoms with Crippen molar-refractivity contribution in [2.45, 2.75) is 25.8 Å². The fourth-order valence-electron chi connectivity index (χ4n) is 2.56. The Morgan fingerprint density at radius 1 is 1.07 bits per heavy atom. The van der Waals surface area contributed by atoms with Crippen molar-refractivity contribution in [2.75, 3.05) is 27.2 Å². The van der Waals surface area contributed by atoms with E-state index in [0.717, 1.165) is 11.1 Å². The summed E-state index contributed by atoms with van der Waals surface area (Å²) >= 11 is 0. The van der Waals surface area contributed by atoms with E-state index in [1.807, 2.05) is 50.2 Å². The molecule has 2 aromatic carbocycles. The van der Waals surface area contributed by atoms with Gasteiger partial charge in [0.05, 0.1) is 13.1 Å². The average molecular weight is 512 g/mol. The molecule has 2 N–H and O–H groups in total. The molecular formula is C22H30FIN4O. The lowest BCUT2D eigenvalue weighted by Gasteiger charge is -2.27. The topological polar surface area (TPSA) is 56.7 Å². The van der Waals surface area contributed by atoms with Crippen molar-refractivity contribution in [1.29, 1.82) is 0 Å². The van der Waals surface area contributed by atoms with Gasteiger partial charge in [-0.15, -0.1) is 24.0 Å². The summed E-state index contributed by atoms with van der Waals surface area (Å²) in [5.74, 6) is 0.250. The third kappa shape index (κ3) is 8.39. The predicted molar refractivity (Wildman–Crippen MR) is 127 cm³/mol. The third-order valence-electron chi connectivity index (χ3n) is 4.47. The minimum atomic E-state index is -0.317. The Morgan fingerprint density at radius 3 is 2.38 bits per heavy atom. The summed E-state index contributed by atoms with van der Waals surface area (Å²) in [5, 5.41) is 6.37. The molecule has 0 unspecified atom stereocenters. The molecule has 0 aliphatic rings. The molecule has 0 aliphatic heterocycles. The SMILES string of the molecule is CN(C)C(=O)CNC(=NCc1ccccc1)NCC(C)(C)c1cccc(F)c1.I. The van der Waals surface area contributed by atoms with Crippen LogP contribution in [-0.4, -0.2) is 44.0 Å². The minimum absolute atomic E-state index is 0. The normalized spacial score (nSPS) is 11.4. The number of benzene rings is 2. The van der Waals surface area contributed by atoms with Crippen LogP contribution in [-0.2, 0) is 16.8 Å². The summed E-state index contributed by atoms with van der Waals surface area (Å²) in [7, 11) is 3.43. The summed E-state index contributed by atoms with van der Waals surface area (Å²) in [5.41, 5.74) is 1.65. The van der Waals surface area contributed by atoms with E-state index >= 15 is 0 Å². The Balaban J connectivity index is 0.00000420. The number of nitrogens with zero attached hydrogens (tertiary/aromatic N) is 2. The molecule has 0 aliphatic carbocycles. The first-order valence-electron chi connectivity index (χ1n) is 9.30. The molecule has 0 bridgehead atoms. The summed E-state index contributed by atoms with van der Waals surface area (Å²) in [4.78, 5) is 18.0. The summed E-state index contributed by atoms with van der Waals surface area (Å²) in [6.45, 7) is 5.25. The van der Waals surface area contributed by atoms with Crippen LogP contribution < -0.4 is 10.6 Å². The van der Waals surface area contributed by atoms with E-state index in [9.17, 15) is 9.18 Å². The van der Waals surface area contributed by atoms with Crippen molar-refractivity contribution < 1.29 is 9.18 Å². The molecule has 2 aromatic rings. The molecule has 0 radical (unpaired) electrons. The number of carbonyl (C=O) groups excluding carboxylic acids is 1. The van der Waals surface area contributed by atoms with E-state index in [1.54, 1.807) is 26.2 Å². The molecule has 0 heterocycles. The van der Waals surface area contributed by atoms with E-state index in [1.165, 1.54) is 11.0 Å². The predicted octanol–water partition coefficient (Wildman–Crippen LogP) is 3.54. The Bertz CT molecular complexity index is 809. The summed E-state index contributed by atoms with van der Waals surface area (Å²) in [6.07, 6.45) is 0. The zero-order valence-corrected chi connectivity index (χ0v) is 19.7. The second kappa shape index (κ2) is 11.7. The fourth-order valence-corrected chi connectivity index (χ4v) is 2.56. The highest BCUT2D eigenvalue weighted by Crippen LogP contribution is 2.22. The van der Waals surface area contributed by atoms with Crippen LogP contribution in [0.1, 0.15) is 25.0 Å². The van der Waals surface area contributed by atoms with Crippen LogP contribution in [0.3, 0.4) is 0 Å². The number of hydrogen-bond acceptors (Lipinski definition) is 2. The largest absolute Gasteiger partial charge is 0.356 e. The smallest absolute Gasteiger partial charge is 0.241 e. The molecular weight excluding hydrogens is 482 g/mol. The van der Waals surface area contributed by atoms with Gasteiger partial charge in [0, 0.05) is 26.1 Å². The maximum Gasteiger partial charge on any atom is 0.241 e. The number of likely N-dealkylation sites (N-methyl/N-ethyl adjacent to an activating group) is 1. The number of guanidine groups is 1. The number of aliphatic imine (C=N–C) groups is 1. The molecule has 0 fully saturated rings. The van der Waals surface area contributed by atoms with Crippen molar-refractivity contribution in [1.82, 2.24) is 15.5 Å². The standard InChI is InChI=1S/C22H29FN4O.HI/c1-22(2,18-11-8-12-19(23)13-18)16-26-21(25-15-20(28)27(3)4)24-14-17-9-6-5-7-10-17;/h5-13H,14-16H2,1-4H3,(H2,24,25,26);1H. The zero-order valence-electron chi connectivity index (χ0n) is 17.4. The average Bonchev–Trinajstić information content (AvgIpc) is 2.67. The van der Waals surface area contributed by atoms with Crippen LogP contribution in [0.4, 0.5) is 4.39 Å². The van der Waals surface area contributed by atoms with Crippen molar-refractivity contribution in [3.8, 4) is 0 Å². The number of amides is 1. The van der Waals surface area contributed by atoms with Gasteiger partial charge in [-0.3, -0.25) is 4.79 Å². The lowest BCUT2D eigenvalue weighted by atomic mass is 9.84. The second-order valence-electron chi connectivity index (χ2n) is 7.54. The van der Waals surface area contributed by atoms with Crippen molar-refractivity contribution in [2.24, 2.45) is 4.99 Å².